The number of alkyl halides is 1. The highest BCUT2D eigenvalue weighted by Crippen LogP contribution is 2.46. The monoisotopic (exact) mass is 671 g/mol. The third-order valence-corrected chi connectivity index (χ3v) is 9.93. The number of hydrogen-bond acceptors (Lipinski definition) is 7. The van der Waals surface area contributed by atoms with Gasteiger partial charge < -0.3 is 34.6 Å². The molecule has 3 amide bonds. The molecule has 3 aliphatic heterocycles. The van der Waals surface area contributed by atoms with Crippen molar-refractivity contribution in [1.29, 1.82) is 0 Å². The smallest absolute Gasteiger partial charge is 0.414 e. The van der Waals surface area contributed by atoms with Crippen molar-refractivity contribution in [1.82, 2.24) is 4.90 Å². The van der Waals surface area contributed by atoms with Gasteiger partial charge in [0.1, 0.15) is 5.75 Å². The number of anilines is 2. The Balaban J connectivity index is 1.10. The number of aromatic hydroxyl groups is 1. The molecule has 48 heavy (non-hydrogen) atoms. The van der Waals surface area contributed by atoms with Crippen LogP contribution in [0.3, 0.4) is 0 Å². The Labute approximate surface area is 281 Å². The van der Waals surface area contributed by atoms with E-state index < -0.39 is 24.3 Å². The highest BCUT2D eigenvalue weighted by molar-refractivity contribution is 6.19. The zero-order valence-corrected chi connectivity index (χ0v) is 26.9. The molecule has 12 heteroatoms. The SMILES string of the molecule is COc1cc2c(cc1OCCCC(=O)N1C[C@@H](CCl)c3c1cc(O)c1ccccc31)N(C(=O)O)C(O)[C@@H]1Cc3ccccc3CN1C2=O. The molecule has 11 nitrogen and oxygen atoms in total. The second kappa shape index (κ2) is 12.6. The first kappa shape index (κ1) is 31.6. The van der Waals surface area contributed by atoms with Gasteiger partial charge in [-0.3, -0.25) is 9.59 Å². The molecule has 0 fully saturated rings. The van der Waals surface area contributed by atoms with Gasteiger partial charge in [-0.2, -0.15) is 0 Å². The zero-order chi connectivity index (χ0) is 33.7. The molecular formula is C36H34ClN3O8. The number of ether oxygens (including phenoxy) is 2. The number of benzene rings is 4. The van der Waals surface area contributed by atoms with Crippen LogP contribution in [0.25, 0.3) is 10.8 Å². The molecule has 1 unspecified atom stereocenters. The number of amides is 3. The minimum absolute atomic E-state index is 0.0156. The molecule has 3 aliphatic rings. The first-order valence-electron chi connectivity index (χ1n) is 15.8. The van der Waals surface area contributed by atoms with Crippen molar-refractivity contribution in [3.8, 4) is 17.2 Å². The standard InChI is InChI=1S/C36H34ClN3O8/c1-47-30-14-25-26(40(36(45)46)35(44)28-13-20-7-2-3-8-21(20)18-39(28)34(25)43)16-31(30)48-12-6-11-32(42)38-19-22(17-37)33-24-10-5-4-9-23(24)29(41)15-27(33)38/h2-5,7-10,14-16,22,28,35,41,44H,6,11-13,17-19H2,1H3,(H,45,46)/t22-,28+,35?/m1/s1. The molecule has 3 N–H and O–H groups in total. The Morgan fingerprint density at radius 3 is 2.44 bits per heavy atom. The van der Waals surface area contributed by atoms with Crippen molar-refractivity contribution in [2.75, 3.05) is 35.9 Å². The van der Waals surface area contributed by atoms with Crippen LogP contribution in [-0.2, 0) is 17.8 Å². The summed E-state index contributed by atoms with van der Waals surface area (Å²) in [4.78, 5) is 43.9. The van der Waals surface area contributed by atoms with Gasteiger partial charge in [-0.25, -0.2) is 9.69 Å². The van der Waals surface area contributed by atoms with E-state index in [0.717, 1.165) is 27.0 Å². The number of carbonyl (C=O) groups excluding carboxylic acids is 2. The van der Waals surface area contributed by atoms with Gasteiger partial charge in [0.05, 0.1) is 36.7 Å². The minimum atomic E-state index is -1.53. The number of carbonyl (C=O) groups is 3. The number of nitrogens with zero attached hydrogens (tertiary/aromatic N) is 3. The summed E-state index contributed by atoms with van der Waals surface area (Å²) in [6.45, 7) is 0.702. The zero-order valence-electron chi connectivity index (χ0n) is 26.1. The lowest BCUT2D eigenvalue weighted by atomic mass is 9.93. The Hall–Kier alpha value is -5.00. The summed E-state index contributed by atoms with van der Waals surface area (Å²) >= 11 is 6.32. The van der Waals surface area contributed by atoms with Crippen molar-refractivity contribution in [2.24, 2.45) is 0 Å². The van der Waals surface area contributed by atoms with Crippen molar-refractivity contribution < 1.29 is 39.2 Å². The van der Waals surface area contributed by atoms with Crippen LogP contribution in [-0.4, -0.2) is 76.5 Å². The number of phenolic OH excluding ortho intramolecular Hbond substituents is 1. The van der Waals surface area contributed by atoms with E-state index in [-0.39, 0.29) is 59.9 Å². The average Bonchev–Trinajstić information content (AvgIpc) is 3.44. The van der Waals surface area contributed by atoms with E-state index in [1.807, 2.05) is 48.5 Å². The van der Waals surface area contributed by atoms with E-state index >= 15 is 0 Å². The number of aliphatic hydroxyl groups is 1. The summed E-state index contributed by atoms with van der Waals surface area (Å²) in [6, 6.07) is 18.7. The maximum atomic E-state index is 13.9. The molecule has 0 spiro atoms. The average molecular weight is 672 g/mol. The summed E-state index contributed by atoms with van der Waals surface area (Å²) in [5, 5.41) is 33.9. The number of rotatable bonds is 7. The van der Waals surface area contributed by atoms with Gasteiger partial charge in [0, 0.05) is 48.8 Å². The van der Waals surface area contributed by atoms with Crippen molar-refractivity contribution >= 4 is 51.7 Å². The third-order valence-electron chi connectivity index (χ3n) is 9.56. The quantitative estimate of drug-likeness (QED) is 0.174. The molecule has 248 valence electrons. The van der Waals surface area contributed by atoms with E-state index in [9.17, 15) is 29.7 Å². The maximum absolute atomic E-state index is 13.9. The molecule has 3 heterocycles. The van der Waals surface area contributed by atoms with Crippen molar-refractivity contribution in [3.05, 3.63) is 89.0 Å². The van der Waals surface area contributed by atoms with E-state index in [2.05, 4.69) is 0 Å². The second-order valence-electron chi connectivity index (χ2n) is 12.2. The van der Waals surface area contributed by atoms with Crippen LogP contribution in [0.2, 0.25) is 0 Å². The van der Waals surface area contributed by atoms with Gasteiger partial charge >= 0.3 is 6.09 Å². The number of methoxy groups -OCH3 is 1. The predicted octanol–water partition coefficient (Wildman–Crippen LogP) is 5.47. The molecule has 0 bridgehead atoms. The summed E-state index contributed by atoms with van der Waals surface area (Å²) in [6.07, 6.45) is -2.21. The highest BCUT2D eigenvalue weighted by Gasteiger charge is 2.45. The van der Waals surface area contributed by atoms with Crippen LogP contribution in [0.1, 0.15) is 45.8 Å². The maximum Gasteiger partial charge on any atom is 0.414 e. The van der Waals surface area contributed by atoms with Gasteiger partial charge in [0.25, 0.3) is 5.91 Å². The fraction of sp³-hybridized carbons (Fsp3) is 0.306. The molecular weight excluding hydrogens is 638 g/mol. The molecule has 0 saturated heterocycles. The largest absolute Gasteiger partial charge is 0.507 e. The Bertz CT molecular complexity index is 1950. The Morgan fingerprint density at radius 2 is 1.71 bits per heavy atom. The lowest BCUT2D eigenvalue weighted by Gasteiger charge is -2.39. The summed E-state index contributed by atoms with van der Waals surface area (Å²) < 4.78 is 11.6. The van der Waals surface area contributed by atoms with E-state index in [1.165, 1.54) is 24.1 Å². The number of halogens is 1. The van der Waals surface area contributed by atoms with Crippen LogP contribution in [0, 0.1) is 0 Å². The molecule has 0 aromatic heterocycles. The van der Waals surface area contributed by atoms with Gasteiger partial charge in [-0.1, -0.05) is 48.5 Å². The molecule has 0 saturated carbocycles. The number of aliphatic hydroxyl groups excluding tert-OH is 1. The number of phenols is 1. The fourth-order valence-corrected chi connectivity index (χ4v) is 7.49. The summed E-state index contributed by atoms with van der Waals surface area (Å²) in [5.41, 5.74) is 3.51. The second-order valence-corrected chi connectivity index (χ2v) is 12.5. The van der Waals surface area contributed by atoms with Gasteiger partial charge in [-0.05, 0) is 41.0 Å². The molecule has 3 atom stereocenters. The molecule has 0 aliphatic carbocycles. The van der Waals surface area contributed by atoms with Crippen LogP contribution < -0.4 is 19.3 Å². The van der Waals surface area contributed by atoms with E-state index in [4.69, 9.17) is 21.1 Å². The van der Waals surface area contributed by atoms with Gasteiger partial charge in [0.2, 0.25) is 5.91 Å². The predicted molar refractivity (Wildman–Crippen MR) is 179 cm³/mol. The number of hydrogen-bond donors (Lipinski definition) is 3. The lowest BCUT2D eigenvalue weighted by Crippen LogP contribution is -2.55. The first-order chi connectivity index (χ1) is 23.2. The van der Waals surface area contributed by atoms with Gasteiger partial charge in [0.15, 0.2) is 17.7 Å². The van der Waals surface area contributed by atoms with Crippen molar-refractivity contribution in [3.63, 3.8) is 0 Å². The Morgan fingerprint density at radius 1 is 0.979 bits per heavy atom. The number of carboxylic acid groups (broad SMARTS) is 1. The van der Waals surface area contributed by atoms with E-state index in [1.54, 1.807) is 11.0 Å². The summed E-state index contributed by atoms with van der Waals surface area (Å²) in [7, 11) is 1.42. The van der Waals surface area contributed by atoms with Crippen LogP contribution in [0.4, 0.5) is 16.2 Å². The van der Waals surface area contributed by atoms with E-state index in [0.29, 0.717) is 36.3 Å². The van der Waals surface area contributed by atoms with Gasteiger partial charge in [-0.15, -0.1) is 11.6 Å². The normalized spacial score (nSPS) is 19.7. The molecule has 0 radical (unpaired) electrons. The van der Waals surface area contributed by atoms with Crippen molar-refractivity contribution in [2.45, 2.75) is 44.0 Å². The minimum Gasteiger partial charge on any atom is -0.507 e. The lowest BCUT2D eigenvalue weighted by molar-refractivity contribution is -0.118. The highest BCUT2D eigenvalue weighted by atomic mass is 35.5. The van der Waals surface area contributed by atoms with Crippen LogP contribution in [0.15, 0.2) is 66.7 Å². The Kier molecular flexibility index (Phi) is 8.26. The molecule has 4 aromatic rings. The topological polar surface area (TPSA) is 140 Å². The summed E-state index contributed by atoms with van der Waals surface area (Å²) in [5.74, 6) is 0.134. The first-order valence-corrected chi connectivity index (χ1v) is 16.3. The fourth-order valence-electron chi connectivity index (χ4n) is 7.24. The van der Waals surface area contributed by atoms with Crippen LogP contribution >= 0.6 is 11.6 Å². The molecule has 4 aromatic carbocycles. The van der Waals surface area contributed by atoms with Crippen LogP contribution in [0.5, 0.6) is 17.2 Å². The molecule has 7 rings (SSSR count). The third kappa shape index (κ3) is 5.23. The number of fused-ring (bicyclic) bond motifs is 6.